The lowest BCUT2D eigenvalue weighted by atomic mass is 9.77. The van der Waals surface area contributed by atoms with Crippen molar-refractivity contribution in [2.75, 3.05) is 11.4 Å². The molecule has 4 atom stereocenters. The molecule has 1 spiro atoms. The normalized spacial score (nSPS) is 33.4. The lowest BCUT2D eigenvalue weighted by Crippen LogP contribution is -2.40. The molecule has 24 heavy (non-hydrogen) atoms. The SMILES string of the molecule is Cc1ccccc1N1C[C@]23C=C[C@H](O2)[C@H](C(=O)OC(C)C)[C@@H]3C1=O. The third kappa shape index (κ3) is 2.04. The lowest BCUT2D eigenvalue weighted by molar-refractivity contribution is -0.156. The summed E-state index contributed by atoms with van der Waals surface area (Å²) < 4.78 is 11.5. The average Bonchev–Trinajstić information content (AvgIpc) is 3.15. The second-order valence-electron chi connectivity index (χ2n) is 7.10. The van der Waals surface area contributed by atoms with E-state index in [0.29, 0.717) is 6.54 Å². The molecular formula is C19H21NO4. The van der Waals surface area contributed by atoms with Gasteiger partial charge in [0.15, 0.2) is 0 Å². The van der Waals surface area contributed by atoms with Gasteiger partial charge in [0.05, 0.1) is 24.7 Å². The standard InChI is InChI=1S/C19H21NO4/c1-11(2)23-18(22)15-14-8-9-19(24-14)10-20(17(21)16(15)19)13-7-5-4-6-12(13)3/h4-9,11,14-16H,10H2,1-3H3/t14-,15-,16+,19-/m0/s1. The molecule has 0 unspecified atom stereocenters. The zero-order valence-corrected chi connectivity index (χ0v) is 14.1. The molecule has 1 aromatic rings. The van der Waals surface area contributed by atoms with Gasteiger partial charge in [-0.05, 0) is 32.4 Å². The highest BCUT2D eigenvalue weighted by Gasteiger charge is 2.67. The van der Waals surface area contributed by atoms with Crippen LogP contribution in [0, 0.1) is 18.8 Å². The van der Waals surface area contributed by atoms with Crippen LogP contribution in [-0.4, -0.2) is 36.2 Å². The maximum Gasteiger partial charge on any atom is 0.313 e. The molecule has 3 aliphatic heterocycles. The summed E-state index contributed by atoms with van der Waals surface area (Å²) in [5.74, 6) is -1.45. The molecule has 2 fully saturated rings. The lowest BCUT2D eigenvalue weighted by Gasteiger charge is -2.23. The van der Waals surface area contributed by atoms with E-state index in [4.69, 9.17) is 9.47 Å². The molecule has 4 rings (SSSR count). The molecule has 2 bridgehead atoms. The van der Waals surface area contributed by atoms with E-state index in [-0.39, 0.29) is 24.1 Å². The minimum Gasteiger partial charge on any atom is -0.463 e. The first kappa shape index (κ1) is 15.4. The Kier molecular flexibility index (Phi) is 3.32. The van der Waals surface area contributed by atoms with Gasteiger partial charge in [-0.1, -0.05) is 30.4 Å². The number of anilines is 1. The number of rotatable bonds is 3. The van der Waals surface area contributed by atoms with Crippen molar-refractivity contribution in [3.63, 3.8) is 0 Å². The Morgan fingerprint density at radius 3 is 2.83 bits per heavy atom. The predicted octanol–water partition coefficient (Wildman–Crippen LogP) is 2.23. The van der Waals surface area contributed by atoms with Gasteiger partial charge in [-0.25, -0.2) is 0 Å². The molecule has 0 aromatic heterocycles. The molecule has 0 N–H and O–H groups in total. The van der Waals surface area contributed by atoms with Crippen LogP contribution in [0.1, 0.15) is 19.4 Å². The van der Waals surface area contributed by atoms with Crippen LogP contribution < -0.4 is 4.90 Å². The van der Waals surface area contributed by atoms with Gasteiger partial charge in [0.2, 0.25) is 5.91 Å². The second-order valence-corrected chi connectivity index (χ2v) is 7.10. The molecule has 3 heterocycles. The van der Waals surface area contributed by atoms with Crippen molar-refractivity contribution in [2.45, 2.75) is 38.6 Å². The smallest absolute Gasteiger partial charge is 0.313 e. The summed E-state index contributed by atoms with van der Waals surface area (Å²) in [6, 6.07) is 7.78. The van der Waals surface area contributed by atoms with E-state index in [1.807, 2.05) is 57.2 Å². The fourth-order valence-electron chi connectivity index (χ4n) is 4.15. The topological polar surface area (TPSA) is 55.8 Å². The van der Waals surface area contributed by atoms with E-state index in [1.165, 1.54) is 0 Å². The van der Waals surface area contributed by atoms with Gasteiger partial charge in [-0.15, -0.1) is 0 Å². The first-order chi connectivity index (χ1) is 11.4. The van der Waals surface area contributed by atoms with Crippen LogP contribution in [0.2, 0.25) is 0 Å². The van der Waals surface area contributed by atoms with Crippen molar-refractivity contribution in [3.8, 4) is 0 Å². The number of esters is 1. The number of para-hydroxylation sites is 1. The maximum atomic E-state index is 13.1. The quantitative estimate of drug-likeness (QED) is 0.631. The Morgan fingerprint density at radius 1 is 1.38 bits per heavy atom. The van der Waals surface area contributed by atoms with Crippen molar-refractivity contribution in [3.05, 3.63) is 42.0 Å². The van der Waals surface area contributed by atoms with Crippen molar-refractivity contribution in [2.24, 2.45) is 11.8 Å². The van der Waals surface area contributed by atoms with Crippen LogP contribution in [0.5, 0.6) is 0 Å². The van der Waals surface area contributed by atoms with E-state index in [0.717, 1.165) is 11.3 Å². The van der Waals surface area contributed by atoms with E-state index in [1.54, 1.807) is 4.90 Å². The minimum atomic E-state index is -0.704. The Bertz CT molecular complexity index is 741. The van der Waals surface area contributed by atoms with E-state index in [2.05, 4.69) is 0 Å². The van der Waals surface area contributed by atoms with Crippen molar-refractivity contribution >= 4 is 17.6 Å². The third-order valence-electron chi connectivity index (χ3n) is 5.13. The van der Waals surface area contributed by atoms with Crippen LogP contribution in [0.15, 0.2) is 36.4 Å². The highest BCUT2D eigenvalue weighted by Crippen LogP contribution is 2.53. The Hall–Kier alpha value is -2.14. The zero-order chi connectivity index (χ0) is 17.1. The van der Waals surface area contributed by atoms with Crippen molar-refractivity contribution in [1.82, 2.24) is 0 Å². The fourth-order valence-corrected chi connectivity index (χ4v) is 4.15. The molecule has 0 radical (unpaired) electrons. The summed E-state index contributed by atoms with van der Waals surface area (Å²) in [5.41, 5.74) is 1.20. The Morgan fingerprint density at radius 2 is 2.12 bits per heavy atom. The summed E-state index contributed by atoms with van der Waals surface area (Å²) in [5, 5.41) is 0. The molecular weight excluding hydrogens is 306 g/mol. The summed E-state index contributed by atoms with van der Waals surface area (Å²) in [7, 11) is 0. The zero-order valence-electron chi connectivity index (χ0n) is 14.1. The van der Waals surface area contributed by atoms with Gasteiger partial charge in [-0.2, -0.15) is 0 Å². The van der Waals surface area contributed by atoms with Gasteiger partial charge >= 0.3 is 5.97 Å². The fraction of sp³-hybridized carbons (Fsp3) is 0.474. The molecule has 3 aliphatic rings. The molecule has 0 aliphatic carbocycles. The molecule has 126 valence electrons. The number of fused-ring (bicyclic) bond motifs is 1. The molecule has 2 saturated heterocycles. The number of ether oxygens (including phenoxy) is 2. The second kappa shape index (κ2) is 5.18. The van der Waals surface area contributed by atoms with Gasteiger partial charge in [0, 0.05) is 5.69 Å². The summed E-state index contributed by atoms with van der Waals surface area (Å²) in [6.45, 7) is 6.05. The number of carbonyl (C=O) groups excluding carboxylic acids is 2. The predicted molar refractivity (Wildman–Crippen MR) is 88.5 cm³/mol. The molecule has 0 saturated carbocycles. The Balaban J connectivity index is 1.69. The molecule has 1 aromatic carbocycles. The molecule has 1 amide bonds. The number of nitrogens with zero attached hydrogens (tertiary/aromatic N) is 1. The van der Waals surface area contributed by atoms with Gasteiger partial charge in [-0.3, -0.25) is 9.59 Å². The number of amides is 1. The van der Waals surface area contributed by atoms with E-state index >= 15 is 0 Å². The highest BCUT2D eigenvalue weighted by molar-refractivity contribution is 6.03. The molecule has 5 heteroatoms. The minimum absolute atomic E-state index is 0.0538. The number of carbonyl (C=O) groups is 2. The first-order valence-electron chi connectivity index (χ1n) is 8.37. The third-order valence-corrected chi connectivity index (χ3v) is 5.13. The van der Waals surface area contributed by atoms with Crippen LogP contribution in [0.4, 0.5) is 5.69 Å². The Labute approximate surface area is 141 Å². The summed E-state index contributed by atoms with van der Waals surface area (Å²) in [4.78, 5) is 27.4. The average molecular weight is 327 g/mol. The van der Waals surface area contributed by atoms with Crippen LogP contribution in [0.3, 0.4) is 0 Å². The van der Waals surface area contributed by atoms with Crippen LogP contribution in [0.25, 0.3) is 0 Å². The van der Waals surface area contributed by atoms with E-state index in [9.17, 15) is 9.59 Å². The number of aryl methyl sites for hydroxylation is 1. The number of hydrogen-bond donors (Lipinski definition) is 0. The largest absolute Gasteiger partial charge is 0.463 e. The maximum absolute atomic E-state index is 13.1. The van der Waals surface area contributed by atoms with Crippen molar-refractivity contribution in [1.29, 1.82) is 0 Å². The highest BCUT2D eigenvalue weighted by atomic mass is 16.6. The van der Waals surface area contributed by atoms with Crippen molar-refractivity contribution < 1.29 is 19.1 Å². The number of hydrogen-bond acceptors (Lipinski definition) is 4. The molecule has 5 nitrogen and oxygen atoms in total. The summed E-state index contributed by atoms with van der Waals surface area (Å²) >= 11 is 0. The van der Waals surface area contributed by atoms with E-state index < -0.39 is 17.4 Å². The summed E-state index contributed by atoms with van der Waals surface area (Å²) in [6.07, 6.45) is 3.29. The van der Waals surface area contributed by atoms with Gasteiger partial charge in [0.25, 0.3) is 0 Å². The monoisotopic (exact) mass is 327 g/mol. The van der Waals surface area contributed by atoms with Crippen LogP contribution in [-0.2, 0) is 19.1 Å². The van der Waals surface area contributed by atoms with Gasteiger partial charge < -0.3 is 14.4 Å². The first-order valence-corrected chi connectivity index (χ1v) is 8.37. The number of benzene rings is 1. The van der Waals surface area contributed by atoms with Crippen LogP contribution >= 0.6 is 0 Å². The van der Waals surface area contributed by atoms with Gasteiger partial charge in [0.1, 0.15) is 11.5 Å².